The van der Waals surface area contributed by atoms with Gasteiger partial charge in [0.1, 0.15) is 4.75 Å². The fraction of sp³-hybridized carbons (Fsp3) is 1.00. The number of hydrogen-bond donors (Lipinski definition) is 2. The summed E-state index contributed by atoms with van der Waals surface area (Å²) in [5, 5.41) is 3.38. The van der Waals surface area contributed by atoms with Crippen LogP contribution in [0, 0.1) is 5.41 Å². The Balaban J connectivity index is 2.17. The van der Waals surface area contributed by atoms with Crippen molar-refractivity contribution in [1.29, 1.82) is 0 Å². The highest BCUT2D eigenvalue weighted by Gasteiger charge is 2.56. The molecule has 2 atom stereocenters. The maximum absolute atomic E-state index is 12.5. The summed E-state index contributed by atoms with van der Waals surface area (Å²) in [7, 11) is 0. The summed E-state index contributed by atoms with van der Waals surface area (Å²) in [6.45, 7) is 13.2. The average molecular weight is 288 g/mol. The molecule has 2 heterocycles. The van der Waals surface area contributed by atoms with Crippen LogP contribution >= 0.6 is 0 Å². The van der Waals surface area contributed by atoms with Gasteiger partial charge in [0, 0.05) is 16.8 Å². The van der Waals surface area contributed by atoms with Crippen molar-refractivity contribution in [3.05, 3.63) is 0 Å². The minimum absolute atomic E-state index is 0.0260. The fourth-order valence-corrected chi connectivity index (χ4v) is 4.14. The van der Waals surface area contributed by atoms with Gasteiger partial charge < -0.3 is 14.6 Å². The normalized spacial score (nSPS) is 31.6. The molecule has 0 aromatic carbocycles. The molecule has 112 valence electrons. The number of piperidine rings is 1. The molecule has 0 aromatic rings. The lowest BCUT2D eigenvalue weighted by Gasteiger charge is -2.42. The molecule has 2 fully saturated rings. The zero-order valence-corrected chi connectivity index (χ0v) is 13.7. The number of nitrogens with one attached hydrogen (secondary N) is 2. The van der Waals surface area contributed by atoms with E-state index in [0.29, 0.717) is 0 Å². The van der Waals surface area contributed by atoms with Gasteiger partial charge in [-0.15, -0.1) is 4.72 Å². The van der Waals surface area contributed by atoms with Gasteiger partial charge in [-0.3, -0.25) is 0 Å². The highest BCUT2D eigenvalue weighted by atomic mass is 32.2. The van der Waals surface area contributed by atoms with E-state index >= 15 is 0 Å². The molecule has 2 saturated heterocycles. The van der Waals surface area contributed by atoms with Crippen molar-refractivity contribution in [1.82, 2.24) is 10.0 Å². The Morgan fingerprint density at radius 3 is 2.37 bits per heavy atom. The van der Waals surface area contributed by atoms with E-state index in [-0.39, 0.29) is 21.8 Å². The van der Waals surface area contributed by atoms with Gasteiger partial charge >= 0.3 is 0 Å². The van der Waals surface area contributed by atoms with Gasteiger partial charge in [-0.05, 0) is 46.7 Å². The molecular formula is C14H28N2O2S. The first-order valence-electron chi connectivity index (χ1n) is 7.20. The van der Waals surface area contributed by atoms with Crippen molar-refractivity contribution in [2.45, 2.75) is 63.9 Å². The molecule has 4 nitrogen and oxygen atoms in total. The van der Waals surface area contributed by atoms with Crippen LogP contribution in [0.2, 0.25) is 0 Å². The lowest BCUT2D eigenvalue weighted by molar-refractivity contribution is -0.0302. The molecule has 1 spiro atoms. The highest BCUT2D eigenvalue weighted by molar-refractivity contribution is 7.90. The van der Waals surface area contributed by atoms with Gasteiger partial charge in [0.05, 0.1) is 18.2 Å². The first kappa shape index (κ1) is 15.6. The summed E-state index contributed by atoms with van der Waals surface area (Å²) >= 11 is -1.05. The third-order valence-electron chi connectivity index (χ3n) is 4.27. The third-order valence-corrected chi connectivity index (χ3v) is 5.83. The Bertz CT molecular complexity index is 322. The third kappa shape index (κ3) is 3.10. The average Bonchev–Trinajstić information content (AvgIpc) is 2.54. The van der Waals surface area contributed by atoms with Gasteiger partial charge in [-0.25, -0.2) is 0 Å². The summed E-state index contributed by atoms with van der Waals surface area (Å²) in [5.41, 5.74) is -0.117. The smallest absolute Gasteiger partial charge is 0.136 e. The number of rotatable bonds is 2. The Morgan fingerprint density at radius 1 is 1.26 bits per heavy atom. The van der Waals surface area contributed by atoms with Gasteiger partial charge in [0.2, 0.25) is 0 Å². The predicted octanol–water partition coefficient (Wildman–Crippen LogP) is 1.59. The van der Waals surface area contributed by atoms with E-state index in [1.807, 2.05) is 20.8 Å². The Hall–Kier alpha value is 0.190. The molecule has 5 heteroatoms. The first-order valence-corrected chi connectivity index (χ1v) is 8.35. The molecule has 0 aromatic heterocycles. The maximum atomic E-state index is 12.5. The van der Waals surface area contributed by atoms with Crippen molar-refractivity contribution in [2.75, 3.05) is 19.7 Å². The molecule has 0 bridgehead atoms. The van der Waals surface area contributed by atoms with Crippen LogP contribution in [0.15, 0.2) is 0 Å². The summed E-state index contributed by atoms with van der Waals surface area (Å²) < 4.78 is 21.8. The lowest BCUT2D eigenvalue weighted by Crippen LogP contribution is -2.60. The summed E-state index contributed by atoms with van der Waals surface area (Å²) in [6, 6.07) is 0.155. The molecule has 0 amide bonds. The highest BCUT2D eigenvalue weighted by Crippen LogP contribution is 2.44. The van der Waals surface area contributed by atoms with Crippen LogP contribution in [0.4, 0.5) is 0 Å². The van der Waals surface area contributed by atoms with E-state index in [0.717, 1.165) is 32.5 Å². The van der Waals surface area contributed by atoms with Gasteiger partial charge in [-0.1, -0.05) is 13.8 Å². The van der Waals surface area contributed by atoms with Gasteiger partial charge in [0.25, 0.3) is 0 Å². The molecule has 0 aliphatic carbocycles. The van der Waals surface area contributed by atoms with Gasteiger partial charge in [0.15, 0.2) is 0 Å². The second-order valence-electron chi connectivity index (χ2n) is 7.52. The SMILES string of the molecule is CC1(C)COC2(CCNCC2)[C@@H]1N[S@+]([O-])C(C)(C)C. The molecular weight excluding hydrogens is 260 g/mol. The second kappa shape index (κ2) is 5.19. The quantitative estimate of drug-likeness (QED) is 0.758. The predicted molar refractivity (Wildman–Crippen MR) is 79.4 cm³/mol. The molecule has 0 saturated carbocycles. The Morgan fingerprint density at radius 2 is 1.84 bits per heavy atom. The van der Waals surface area contributed by atoms with Crippen molar-refractivity contribution < 1.29 is 9.29 Å². The molecule has 0 radical (unpaired) electrons. The molecule has 2 aliphatic rings. The summed E-state index contributed by atoms with van der Waals surface area (Å²) in [6.07, 6.45) is 1.99. The molecule has 2 N–H and O–H groups in total. The van der Waals surface area contributed by atoms with E-state index in [9.17, 15) is 4.55 Å². The first-order chi connectivity index (χ1) is 8.67. The number of ether oxygens (including phenoxy) is 1. The van der Waals surface area contributed by atoms with Crippen LogP contribution in [0.3, 0.4) is 0 Å². The van der Waals surface area contributed by atoms with E-state index in [4.69, 9.17) is 4.74 Å². The van der Waals surface area contributed by atoms with Crippen molar-refractivity contribution in [3.8, 4) is 0 Å². The monoisotopic (exact) mass is 288 g/mol. The molecule has 2 aliphatic heterocycles. The molecule has 19 heavy (non-hydrogen) atoms. The minimum Gasteiger partial charge on any atom is -0.598 e. The van der Waals surface area contributed by atoms with Crippen LogP contribution < -0.4 is 10.0 Å². The largest absolute Gasteiger partial charge is 0.598 e. The van der Waals surface area contributed by atoms with E-state index in [1.165, 1.54) is 0 Å². The van der Waals surface area contributed by atoms with Crippen LogP contribution in [-0.2, 0) is 16.1 Å². The second-order valence-corrected chi connectivity index (χ2v) is 9.52. The summed E-state index contributed by atoms with van der Waals surface area (Å²) in [4.78, 5) is 0. The Labute approximate surface area is 120 Å². The van der Waals surface area contributed by atoms with Crippen molar-refractivity contribution in [2.24, 2.45) is 5.41 Å². The van der Waals surface area contributed by atoms with E-state index < -0.39 is 11.4 Å². The lowest BCUT2D eigenvalue weighted by atomic mass is 9.75. The topological polar surface area (TPSA) is 56.3 Å². The summed E-state index contributed by atoms with van der Waals surface area (Å²) in [5.74, 6) is 0. The fourth-order valence-electron chi connectivity index (χ4n) is 3.04. The zero-order chi connectivity index (χ0) is 14.3. The van der Waals surface area contributed by atoms with Crippen LogP contribution in [0.1, 0.15) is 47.5 Å². The van der Waals surface area contributed by atoms with Crippen LogP contribution in [0.25, 0.3) is 0 Å². The zero-order valence-electron chi connectivity index (χ0n) is 12.8. The van der Waals surface area contributed by atoms with Crippen LogP contribution in [-0.4, -0.2) is 40.6 Å². The van der Waals surface area contributed by atoms with E-state index in [1.54, 1.807) is 0 Å². The molecule has 2 rings (SSSR count). The van der Waals surface area contributed by atoms with E-state index in [2.05, 4.69) is 23.9 Å². The van der Waals surface area contributed by atoms with Gasteiger partial charge in [-0.2, -0.15) is 0 Å². The maximum Gasteiger partial charge on any atom is 0.136 e. The van der Waals surface area contributed by atoms with Crippen LogP contribution in [0.5, 0.6) is 0 Å². The number of hydrogen-bond acceptors (Lipinski definition) is 4. The van der Waals surface area contributed by atoms with Crippen molar-refractivity contribution in [3.63, 3.8) is 0 Å². The van der Waals surface area contributed by atoms with Crippen molar-refractivity contribution >= 4 is 11.4 Å². The minimum atomic E-state index is -1.05. The molecule has 0 unspecified atom stereocenters. The standard InChI is InChI=1S/C14H28N2O2S/c1-12(2,3)19(17)16-11-13(4,5)10-18-14(11)6-8-15-9-7-14/h11,15-16H,6-10H2,1-5H3/t11-,19-/m1/s1. The Kier molecular flexibility index (Phi) is 4.25.